The molecule has 1 aromatic rings. The van der Waals surface area contributed by atoms with Crippen molar-refractivity contribution in [3.63, 3.8) is 0 Å². The number of likely N-dealkylation sites (N-methyl/N-ethyl adjacent to an activating group) is 1. The Labute approximate surface area is 121 Å². The molecule has 1 unspecified atom stereocenters. The summed E-state index contributed by atoms with van der Waals surface area (Å²) in [5, 5.41) is 11.9. The van der Waals surface area contributed by atoms with E-state index in [1.54, 1.807) is 0 Å². The number of hydrogen-bond acceptors (Lipinski definition) is 5. The third-order valence-corrected chi connectivity index (χ3v) is 3.54. The highest BCUT2D eigenvalue weighted by molar-refractivity contribution is 5.36. The van der Waals surface area contributed by atoms with E-state index in [0.717, 1.165) is 37.6 Å². The van der Waals surface area contributed by atoms with E-state index in [1.165, 1.54) is 12.8 Å². The highest BCUT2D eigenvalue weighted by Crippen LogP contribution is 2.16. The van der Waals surface area contributed by atoms with E-state index in [1.807, 2.05) is 19.2 Å². The van der Waals surface area contributed by atoms with Crippen LogP contribution in [0.4, 0.5) is 5.82 Å². The number of anilines is 1. The summed E-state index contributed by atoms with van der Waals surface area (Å²) in [5.74, 6) is 0.910. The summed E-state index contributed by atoms with van der Waals surface area (Å²) in [4.78, 5) is 2.13. The van der Waals surface area contributed by atoms with Gasteiger partial charge in [-0.1, -0.05) is 13.8 Å². The lowest BCUT2D eigenvalue weighted by atomic mass is 10.1. The second kappa shape index (κ2) is 7.55. The van der Waals surface area contributed by atoms with Crippen LogP contribution in [0.15, 0.2) is 12.1 Å². The number of aromatic nitrogens is 2. The van der Waals surface area contributed by atoms with E-state index < -0.39 is 0 Å². The topological polar surface area (TPSA) is 50.3 Å². The molecule has 0 aromatic carbocycles. The monoisotopic (exact) mass is 278 g/mol. The van der Waals surface area contributed by atoms with Crippen molar-refractivity contribution in [3.05, 3.63) is 17.8 Å². The van der Waals surface area contributed by atoms with Crippen molar-refractivity contribution in [1.29, 1.82) is 0 Å². The zero-order valence-corrected chi connectivity index (χ0v) is 12.8. The molecule has 1 aromatic heterocycles. The number of ether oxygens (including phenoxy) is 1. The van der Waals surface area contributed by atoms with Gasteiger partial charge in [0.15, 0.2) is 5.82 Å². The Morgan fingerprint density at radius 1 is 1.35 bits per heavy atom. The number of nitrogens with one attached hydrogen (secondary N) is 1. The number of nitrogens with zero attached hydrogens (tertiary/aromatic N) is 3. The molecule has 1 atom stereocenters. The third-order valence-electron chi connectivity index (χ3n) is 3.54. The molecule has 1 aliphatic rings. The van der Waals surface area contributed by atoms with Gasteiger partial charge in [-0.2, -0.15) is 5.10 Å². The third kappa shape index (κ3) is 4.72. The molecule has 1 saturated heterocycles. The van der Waals surface area contributed by atoms with Crippen molar-refractivity contribution in [2.24, 2.45) is 0 Å². The van der Waals surface area contributed by atoms with E-state index in [2.05, 4.69) is 34.3 Å². The predicted octanol–water partition coefficient (Wildman–Crippen LogP) is 1.98. The Morgan fingerprint density at radius 3 is 2.80 bits per heavy atom. The van der Waals surface area contributed by atoms with Crippen LogP contribution in [-0.4, -0.2) is 42.5 Å². The summed E-state index contributed by atoms with van der Waals surface area (Å²) >= 11 is 0. The second-order valence-corrected chi connectivity index (χ2v) is 5.79. The molecular formula is C15H26N4O. The molecule has 2 heterocycles. The van der Waals surface area contributed by atoms with Gasteiger partial charge in [0.05, 0.1) is 11.8 Å². The largest absolute Gasteiger partial charge is 0.376 e. The van der Waals surface area contributed by atoms with Crippen LogP contribution in [0, 0.1) is 0 Å². The fourth-order valence-electron chi connectivity index (χ4n) is 2.31. The molecule has 0 radical (unpaired) electrons. The van der Waals surface area contributed by atoms with Gasteiger partial charge < -0.3 is 15.0 Å². The predicted molar refractivity (Wildman–Crippen MR) is 80.9 cm³/mol. The van der Waals surface area contributed by atoms with Crippen LogP contribution < -0.4 is 10.2 Å². The van der Waals surface area contributed by atoms with Gasteiger partial charge in [0.25, 0.3) is 0 Å². The standard InChI is InChI=1S/C15H26N4O/c1-12(2)16-10-13-7-8-15(18-17-13)19(3)11-14-6-4-5-9-20-14/h7-8,12,14,16H,4-6,9-11H2,1-3H3. The summed E-state index contributed by atoms with van der Waals surface area (Å²) < 4.78 is 5.76. The van der Waals surface area contributed by atoms with E-state index in [9.17, 15) is 0 Å². The maximum atomic E-state index is 5.76. The van der Waals surface area contributed by atoms with Crippen molar-refractivity contribution < 1.29 is 4.74 Å². The molecule has 0 amide bonds. The van der Waals surface area contributed by atoms with Crippen molar-refractivity contribution in [2.75, 3.05) is 25.1 Å². The normalized spacial score (nSPS) is 19.3. The minimum atomic E-state index is 0.331. The molecule has 0 aliphatic carbocycles. The fraction of sp³-hybridized carbons (Fsp3) is 0.733. The molecule has 2 rings (SSSR count). The Morgan fingerprint density at radius 2 is 2.20 bits per heavy atom. The molecule has 0 saturated carbocycles. The molecule has 1 N–H and O–H groups in total. The number of rotatable bonds is 6. The van der Waals surface area contributed by atoms with Crippen LogP contribution >= 0.6 is 0 Å². The SMILES string of the molecule is CC(C)NCc1ccc(N(C)CC2CCCCO2)nn1. The molecule has 112 valence electrons. The lowest BCUT2D eigenvalue weighted by Crippen LogP contribution is -2.34. The van der Waals surface area contributed by atoms with Crippen LogP contribution in [0.3, 0.4) is 0 Å². The van der Waals surface area contributed by atoms with Gasteiger partial charge in [0.2, 0.25) is 0 Å². The zero-order valence-electron chi connectivity index (χ0n) is 12.8. The molecule has 1 fully saturated rings. The van der Waals surface area contributed by atoms with Gasteiger partial charge in [0.1, 0.15) is 0 Å². The summed E-state index contributed by atoms with van der Waals surface area (Å²) in [6, 6.07) is 4.53. The molecular weight excluding hydrogens is 252 g/mol. The van der Waals surface area contributed by atoms with Crippen LogP contribution in [0.2, 0.25) is 0 Å². The smallest absolute Gasteiger partial charge is 0.151 e. The first-order valence-corrected chi connectivity index (χ1v) is 7.54. The molecule has 1 aliphatic heterocycles. The first kappa shape index (κ1) is 15.2. The Kier molecular flexibility index (Phi) is 5.73. The van der Waals surface area contributed by atoms with Gasteiger partial charge >= 0.3 is 0 Å². The minimum absolute atomic E-state index is 0.331. The van der Waals surface area contributed by atoms with Crippen LogP contribution in [0.1, 0.15) is 38.8 Å². The Bertz CT molecular complexity index is 387. The average Bonchev–Trinajstić information content (AvgIpc) is 2.46. The summed E-state index contributed by atoms with van der Waals surface area (Å²) in [7, 11) is 2.05. The maximum absolute atomic E-state index is 5.76. The van der Waals surface area contributed by atoms with Gasteiger partial charge in [0, 0.05) is 32.8 Å². The van der Waals surface area contributed by atoms with E-state index in [4.69, 9.17) is 4.74 Å². The van der Waals surface area contributed by atoms with Crippen LogP contribution in [0.25, 0.3) is 0 Å². The van der Waals surface area contributed by atoms with Crippen LogP contribution in [0.5, 0.6) is 0 Å². The van der Waals surface area contributed by atoms with Gasteiger partial charge in [-0.15, -0.1) is 5.10 Å². The number of hydrogen-bond donors (Lipinski definition) is 1. The van der Waals surface area contributed by atoms with Gasteiger partial charge in [-0.3, -0.25) is 0 Å². The molecule has 0 bridgehead atoms. The zero-order chi connectivity index (χ0) is 14.4. The summed E-state index contributed by atoms with van der Waals surface area (Å²) in [6.07, 6.45) is 3.94. The van der Waals surface area contributed by atoms with E-state index in [-0.39, 0.29) is 0 Å². The lowest BCUT2D eigenvalue weighted by Gasteiger charge is -2.27. The van der Waals surface area contributed by atoms with Crippen LogP contribution in [-0.2, 0) is 11.3 Å². The molecule has 5 heteroatoms. The highest BCUT2D eigenvalue weighted by Gasteiger charge is 2.16. The van der Waals surface area contributed by atoms with E-state index in [0.29, 0.717) is 12.1 Å². The highest BCUT2D eigenvalue weighted by atomic mass is 16.5. The molecule has 20 heavy (non-hydrogen) atoms. The van der Waals surface area contributed by atoms with Crippen molar-refractivity contribution in [3.8, 4) is 0 Å². The summed E-state index contributed by atoms with van der Waals surface area (Å²) in [5.41, 5.74) is 0.977. The Balaban J connectivity index is 1.84. The van der Waals surface area contributed by atoms with Crippen molar-refractivity contribution in [2.45, 2.75) is 51.8 Å². The first-order chi connectivity index (χ1) is 9.65. The molecule has 0 spiro atoms. The second-order valence-electron chi connectivity index (χ2n) is 5.79. The lowest BCUT2D eigenvalue weighted by molar-refractivity contribution is 0.0215. The van der Waals surface area contributed by atoms with E-state index >= 15 is 0 Å². The first-order valence-electron chi connectivity index (χ1n) is 7.54. The van der Waals surface area contributed by atoms with Gasteiger partial charge in [-0.25, -0.2) is 0 Å². The average molecular weight is 278 g/mol. The maximum Gasteiger partial charge on any atom is 0.151 e. The fourth-order valence-corrected chi connectivity index (χ4v) is 2.31. The minimum Gasteiger partial charge on any atom is -0.376 e. The summed E-state index contributed by atoms with van der Waals surface area (Å²) in [6.45, 7) is 6.79. The van der Waals surface area contributed by atoms with Gasteiger partial charge in [-0.05, 0) is 31.4 Å². The quantitative estimate of drug-likeness (QED) is 0.862. The van der Waals surface area contributed by atoms with Crippen molar-refractivity contribution in [1.82, 2.24) is 15.5 Å². The Hall–Kier alpha value is -1.20. The van der Waals surface area contributed by atoms with Crippen molar-refractivity contribution >= 4 is 5.82 Å². The molecule has 5 nitrogen and oxygen atoms in total.